The molecule has 2 saturated heterocycles. The number of ether oxygens (including phenoxy) is 1. The number of aromatic hydroxyl groups is 1. The van der Waals surface area contributed by atoms with Crippen LogP contribution in [0.15, 0.2) is 141 Å². The minimum absolute atomic E-state index is 0.0370. The van der Waals surface area contributed by atoms with Crippen molar-refractivity contribution < 1.29 is 29.0 Å². The lowest BCUT2D eigenvalue weighted by molar-refractivity contribution is -0.126. The van der Waals surface area contributed by atoms with Gasteiger partial charge in [0, 0.05) is 45.5 Å². The second-order valence-electron chi connectivity index (χ2n) is 16.9. The Hall–Kier alpha value is -6.75. The van der Waals surface area contributed by atoms with Crippen LogP contribution in [-0.2, 0) is 19.2 Å². The lowest BCUT2D eigenvalue weighted by atomic mass is 9.57. The Morgan fingerprint density at radius 3 is 1.48 bits per heavy atom. The summed E-state index contributed by atoms with van der Waals surface area (Å²) >= 11 is 2.03. The van der Waals surface area contributed by atoms with E-state index in [0.29, 0.717) is 49.7 Å². The Kier molecular flexibility index (Phi) is 11.4. The molecule has 9 rings (SSSR count). The third-order valence-corrected chi connectivity index (χ3v) is 13.6. The van der Waals surface area contributed by atoms with Crippen molar-refractivity contribution in [3.05, 3.63) is 130 Å². The number of hydrogen-bond acceptors (Lipinski definition) is 12. The van der Waals surface area contributed by atoms with Gasteiger partial charge in [-0.25, -0.2) is 0 Å². The first-order valence-electron chi connectivity index (χ1n) is 20.9. The Balaban J connectivity index is 1.00. The Morgan fingerprint density at radius 2 is 1.03 bits per heavy atom. The summed E-state index contributed by atoms with van der Waals surface area (Å²) in [5, 5.41) is 28.3. The van der Waals surface area contributed by atoms with Crippen molar-refractivity contribution >= 4 is 91.7 Å². The number of carbonyl (C=O) groups is 4. The fraction of sp³-hybridized carbons (Fsp3) is 0.265. The topological polar surface area (TPSA) is 160 Å². The highest BCUT2D eigenvalue weighted by molar-refractivity contribution is 14.1. The minimum Gasteiger partial charge on any atom is -0.504 e. The SMILES string of the molecule is COc1cc(C2C3=CCC4C(=O)N(c5ccc(N=Nc6ccc(N(C)C)cc6)cc5)C(=O)C4C3CC3C(=O)N(c4ccc(N=Nc5ccc(N(C)C)cc5)cc4)C(=O)C32)cc(I)c1O. The molecular formula is C49H45IN8O6. The number of hydrogen-bond donors (Lipinski definition) is 1. The van der Waals surface area contributed by atoms with Crippen LogP contribution in [0.5, 0.6) is 11.5 Å². The third-order valence-electron chi connectivity index (χ3n) is 12.8. The molecule has 2 heterocycles. The van der Waals surface area contributed by atoms with Crippen LogP contribution in [-0.4, -0.2) is 64.0 Å². The van der Waals surface area contributed by atoms with Crippen molar-refractivity contribution in [1.29, 1.82) is 0 Å². The highest BCUT2D eigenvalue weighted by atomic mass is 127. The lowest BCUT2D eigenvalue weighted by Crippen LogP contribution is -2.43. The quantitative estimate of drug-likeness (QED) is 0.0627. The lowest BCUT2D eigenvalue weighted by Gasteiger charge is -2.44. The van der Waals surface area contributed by atoms with Crippen LogP contribution in [0.1, 0.15) is 24.3 Å². The van der Waals surface area contributed by atoms with Crippen LogP contribution in [0.4, 0.5) is 45.5 Å². The number of benzene rings is 5. The number of anilines is 4. The summed E-state index contributed by atoms with van der Waals surface area (Å²) in [4.78, 5) is 64.8. The molecule has 5 aromatic carbocycles. The van der Waals surface area contributed by atoms with Gasteiger partial charge in [0.25, 0.3) is 0 Å². The molecule has 3 fully saturated rings. The molecule has 6 atom stereocenters. The van der Waals surface area contributed by atoms with Crippen LogP contribution >= 0.6 is 22.6 Å². The molecule has 14 nitrogen and oxygen atoms in total. The monoisotopic (exact) mass is 968 g/mol. The van der Waals surface area contributed by atoms with Gasteiger partial charge in [-0.2, -0.15) is 20.5 Å². The van der Waals surface area contributed by atoms with Crippen LogP contribution in [0, 0.1) is 33.2 Å². The molecule has 1 N–H and O–H groups in total. The first-order valence-corrected chi connectivity index (χ1v) is 22.0. The van der Waals surface area contributed by atoms with Gasteiger partial charge in [0.15, 0.2) is 11.5 Å². The maximum absolute atomic E-state index is 14.8. The molecular weight excluding hydrogens is 923 g/mol. The number of imide groups is 2. The van der Waals surface area contributed by atoms with Gasteiger partial charge in [-0.15, -0.1) is 0 Å². The van der Waals surface area contributed by atoms with E-state index in [2.05, 4.69) is 20.5 Å². The molecule has 0 aromatic heterocycles. The Morgan fingerprint density at radius 1 is 0.594 bits per heavy atom. The van der Waals surface area contributed by atoms with E-state index in [0.717, 1.165) is 16.9 Å². The predicted octanol–water partition coefficient (Wildman–Crippen LogP) is 10.0. The summed E-state index contributed by atoms with van der Waals surface area (Å²) in [5.74, 6) is -5.34. The van der Waals surface area contributed by atoms with E-state index in [1.807, 2.05) is 115 Å². The maximum Gasteiger partial charge on any atom is 0.238 e. The first kappa shape index (κ1) is 42.5. The summed E-state index contributed by atoms with van der Waals surface area (Å²) < 4.78 is 6.07. The van der Waals surface area contributed by atoms with E-state index >= 15 is 0 Å². The number of azo groups is 2. The second kappa shape index (κ2) is 17.1. The normalized spacial score (nSPS) is 22.8. The summed E-state index contributed by atoms with van der Waals surface area (Å²) in [5.41, 5.74) is 6.87. The molecule has 4 aliphatic rings. The number of rotatable bonds is 10. The Bertz CT molecular complexity index is 2750. The molecule has 2 aliphatic carbocycles. The molecule has 6 unspecified atom stereocenters. The highest BCUT2D eigenvalue weighted by Gasteiger charge is 2.62. The standard InChI is InChI=1S/C49H45IN8O6/c1-55(2)32-14-6-28(7-15-32)51-53-30-10-18-34(19-11-30)57-46(60)37-23-22-36-38(43(37)48(57)62)26-39-44(42(36)27-24-40(50)45(59)41(25-27)64-5)49(63)58(47(39)61)35-20-12-31(13-21-35)54-52-29-8-16-33(17-9-29)56(3)4/h6-22,24-25,37-39,42-44,59H,23,26H2,1-5H3. The molecule has 2 aliphatic heterocycles. The third kappa shape index (κ3) is 7.60. The van der Waals surface area contributed by atoms with Gasteiger partial charge in [-0.05, 0) is 156 Å². The van der Waals surface area contributed by atoms with E-state index < -0.39 is 35.5 Å². The number of phenolic OH excluding ortho intramolecular Hbond substituents is 1. The van der Waals surface area contributed by atoms with Gasteiger partial charge in [-0.1, -0.05) is 11.6 Å². The number of fused-ring (bicyclic) bond motifs is 4. The summed E-state index contributed by atoms with van der Waals surface area (Å²) in [6.45, 7) is 0. The molecule has 5 aromatic rings. The van der Waals surface area contributed by atoms with E-state index in [9.17, 15) is 24.3 Å². The number of phenols is 1. The fourth-order valence-corrected chi connectivity index (χ4v) is 10.2. The van der Waals surface area contributed by atoms with Gasteiger partial charge in [-0.3, -0.25) is 29.0 Å². The van der Waals surface area contributed by atoms with Crippen molar-refractivity contribution in [1.82, 2.24) is 0 Å². The van der Waals surface area contributed by atoms with Gasteiger partial charge in [0.1, 0.15) is 0 Å². The molecule has 1 saturated carbocycles. The van der Waals surface area contributed by atoms with Gasteiger partial charge in [0.05, 0.1) is 68.5 Å². The summed E-state index contributed by atoms with van der Waals surface area (Å²) in [6, 6.07) is 32.4. The van der Waals surface area contributed by atoms with Crippen LogP contribution in [0.25, 0.3) is 0 Å². The number of carbonyl (C=O) groups excluding carboxylic acids is 4. The van der Waals surface area contributed by atoms with Crippen molar-refractivity contribution in [2.75, 3.05) is 54.9 Å². The highest BCUT2D eigenvalue weighted by Crippen LogP contribution is 2.59. The van der Waals surface area contributed by atoms with Crippen LogP contribution in [0.3, 0.4) is 0 Å². The zero-order valence-corrected chi connectivity index (χ0v) is 37.9. The molecule has 0 radical (unpaired) electrons. The largest absolute Gasteiger partial charge is 0.504 e. The number of methoxy groups -OCH3 is 1. The molecule has 15 heteroatoms. The zero-order chi connectivity index (χ0) is 45.0. The maximum atomic E-state index is 14.8. The average molecular weight is 969 g/mol. The molecule has 0 spiro atoms. The van der Waals surface area contributed by atoms with Gasteiger partial charge >= 0.3 is 0 Å². The van der Waals surface area contributed by atoms with Gasteiger partial charge in [0.2, 0.25) is 23.6 Å². The average Bonchev–Trinajstić information content (AvgIpc) is 3.71. The smallest absolute Gasteiger partial charge is 0.238 e. The number of halogens is 1. The number of nitrogens with zero attached hydrogens (tertiary/aromatic N) is 8. The van der Waals surface area contributed by atoms with Crippen molar-refractivity contribution in [3.63, 3.8) is 0 Å². The minimum atomic E-state index is -0.808. The zero-order valence-electron chi connectivity index (χ0n) is 35.8. The first-order chi connectivity index (χ1) is 30.8. The second-order valence-corrected chi connectivity index (χ2v) is 18.0. The van der Waals surface area contributed by atoms with Crippen molar-refractivity contribution in [3.8, 4) is 11.5 Å². The van der Waals surface area contributed by atoms with Crippen LogP contribution < -0.4 is 24.3 Å². The number of amides is 4. The van der Waals surface area contributed by atoms with Crippen molar-refractivity contribution in [2.24, 2.45) is 50.0 Å². The molecule has 0 bridgehead atoms. The van der Waals surface area contributed by atoms with E-state index in [1.165, 1.54) is 16.9 Å². The summed E-state index contributed by atoms with van der Waals surface area (Å²) in [6.07, 6.45) is 2.50. The molecule has 64 heavy (non-hydrogen) atoms. The Labute approximate surface area is 384 Å². The van der Waals surface area contributed by atoms with E-state index in [4.69, 9.17) is 4.74 Å². The van der Waals surface area contributed by atoms with Gasteiger partial charge < -0.3 is 19.6 Å². The molecule has 4 amide bonds. The predicted molar refractivity (Wildman–Crippen MR) is 253 cm³/mol. The van der Waals surface area contributed by atoms with E-state index in [1.54, 1.807) is 60.7 Å². The van der Waals surface area contributed by atoms with Crippen LogP contribution in [0.2, 0.25) is 0 Å². The summed E-state index contributed by atoms with van der Waals surface area (Å²) in [7, 11) is 9.31. The van der Waals surface area contributed by atoms with Crippen molar-refractivity contribution in [2.45, 2.75) is 18.8 Å². The van der Waals surface area contributed by atoms with E-state index in [-0.39, 0.29) is 41.5 Å². The number of allylic oxidation sites excluding steroid dienone is 2. The molecule has 324 valence electrons. The fourth-order valence-electron chi connectivity index (χ4n) is 9.60.